The number of rotatable bonds is 14. The number of carbonyl (C=O) groups excluding carboxylic acids is 4. The molecule has 0 bridgehead atoms. The third-order valence-corrected chi connectivity index (χ3v) is 11.2. The number of halogens is 6. The van der Waals surface area contributed by atoms with E-state index in [2.05, 4.69) is 27.7 Å². The SMILES string of the molecule is CC(CCCOC(=O)c1c(Cl)c(Cl)cc(Cl)c1OC(=O)C(=O)Oc1c(Cl)cc(Cl)c(Cl)c1C(=O)OCCCC(C)C1CC1C)C1CC1C. The highest BCUT2D eigenvalue weighted by Gasteiger charge is 2.38. The van der Waals surface area contributed by atoms with Gasteiger partial charge in [0.1, 0.15) is 11.1 Å². The van der Waals surface area contributed by atoms with Crippen LogP contribution in [0.2, 0.25) is 30.1 Å². The highest BCUT2D eigenvalue weighted by Crippen LogP contribution is 2.46. The van der Waals surface area contributed by atoms with Crippen LogP contribution in [-0.4, -0.2) is 37.1 Å². The molecular weight excluding hydrogens is 749 g/mol. The lowest BCUT2D eigenvalue weighted by Crippen LogP contribution is -2.27. The molecular formula is C34H36Cl6O8. The zero-order valence-electron chi connectivity index (χ0n) is 26.8. The van der Waals surface area contributed by atoms with E-state index in [1.165, 1.54) is 12.8 Å². The minimum atomic E-state index is -1.64. The second-order valence-electron chi connectivity index (χ2n) is 12.8. The van der Waals surface area contributed by atoms with Gasteiger partial charge in [-0.25, -0.2) is 19.2 Å². The maximum Gasteiger partial charge on any atom is 0.423 e. The zero-order valence-corrected chi connectivity index (χ0v) is 31.3. The first-order valence-electron chi connectivity index (χ1n) is 15.7. The summed E-state index contributed by atoms with van der Waals surface area (Å²) in [6.45, 7) is 8.86. The van der Waals surface area contributed by atoms with Crippen molar-refractivity contribution in [2.45, 2.75) is 66.2 Å². The Morgan fingerprint density at radius 1 is 0.646 bits per heavy atom. The summed E-state index contributed by atoms with van der Waals surface area (Å²) in [7, 11) is 0. The van der Waals surface area contributed by atoms with Gasteiger partial charge in [0.05, 0.1) is 43.3 Å². The van der Waals surface area contributed by atoms with Crippen LogP contribution in [-0.2, 0) is 19.1 Å². The van der Waals surface area contributed by atoms with Crippen LogP contribution in [0.1, 0.15) is 86.9 Å². The molecule has 6 unspecified atom stereocenters. The van der Waals surface area contributed by atoms with Crippen LogP contribution in [0.3, 0.4) is 0 Å². The summed E-state index contributed by atoms with van der Waals surface area (Å²) in [5.74, 6) is -2.64. The summed E-state index contributed by atoms with van der Waals surface area (Å²) in [6.07, 6.45) is 5.28. The number of esters is 4. The van der Waals surface area contributed by atoms with Crippen molar-refractivity contribution in [1.29, 1.82) is 0 Å². The van der Waals surface area contributed by atoms with Gasteiger partial charge < -0.3 is 18.9 Å². The fourth-order valence-electron chi connectivity index (χ4n) is 5.99. The van der Waals surface area contributed by atoms with Crippen LogP contribution in [0.25, 0.3) is 0 Å². The van der Waals surface area contributed by atoms with Crippen LogP contribution in [0.4, 0.5) is 0 Å². The van der Waals surface area contributed by atoms with Gasteiger partial charge in [-0.2, -0.15) is 0 Å². The summed E-state index contributed by atoms with van der Waals surface area (Å²) in [4.78, 5) is 52.1. The molecule has 8 nitrogen and oxygen atoms in total. The van der Waals surface area contributed by atoms with E-state index < -0.39 is 46.5 Å². The van der Waals surface area contributed by atoms with Gasteiger partial charge in [-0.15, -0.1) is 0 Å². The summed E-state index contributed by atoms with van der Waals surface area (Å²) in [5.41, 5.74) is -0.914. The van der Waals surface area contributed by atoms with Crippen molar-refractivity contribution >= 4 is 93.5 Å². The summed E-state index contributed by atoms with van der Waals surface area (Å²) >= 11 is 37.4. The minimum absolute atomic E-state index is 0.0631. The second-order valence-corrected chi connectivity index (χ2v) is 15.1. The van der Waals surface area contributed by atoms with Crippen molar-refractivity contribution in [2.75, 3.05) is 13.2 Å². The number of benzene rings is 2. The monoisotopic (exact) mass is 782 g/mol. The molecule has 0 spiro atoms. The maximum atomic E-state index is 13.1. The highest BCUT2D eigenvalue weighted by molar-refractivity contribution is 6.47. The van der Waals surface area contributed by atoms with E-state index in [4.69, 9.17) is 88.6 Å². The van der Waals surface area contributed by atoms with Crippen LogP contribution < -0.4 is 9.47 Å². The average Bonchev–Trinajstić information content (AvgIpc) is 3.95. The van der Waals surface area contributed by atoms with Gasteiger partial charge >= 0.3 is 23.9 Å². The molecule has 2 aromatic rings. The lowest BCUT2D eigenvalue weighted by atomic mass is 9.99. The molecule has 0 heterocycles. The third-order valence-electron chi connectivity index (χ3n) is 9.10. The lowest BCUT2D eigenvalue weighted by Gasteiger charge is -2.16. The smallest absolute Gasteiger partial charge is 0.423 e. The van der Waals surface area contributed by atoms with Crippen molar-refractivity contribution in [3.63, 3.8) is 0 Å². The number of ether oxygens (including phenoxy) is 4. The Bertz CT molecular complexity index is 1460. The third kappa shape index (κ3) is 9.64. The predicted molar refractivity (Wildman–Crippen MR) is 186 cm³/mol. The Labute approximate surface area is 309 Å². The average molecular weight is 785 g/mol. The maximum absolute atomic E-state index is 13.1. The molecule has 0 amide bonds. The summed E-state index contributed by atoms with van der Waals surface area (Å²) < 4.78 is 21.1. The van der Waals surface area contributed by atoms with Crippen molar-refractivity contribution in [3.05, 3.63) is 53.4 Å². The quantitative estimate of drug-likeness (QED) is 0.0613. The standard InChI is InChI=1S/C34H36Cl6O8/c1-15(19-11-17(19)3)7-5-9-45-31(41)25-27(39)21(35)13-23(37)29(25)47-33(43)34(44)48-30-24(38)14-22(36)28(40)26(30)32(42)46-10-6-8-16(2)20-12-18(20)4/h13-20H,5-12H2,1-4H3. The highest BCUT2D eigenvalue weighted by atomic mass is 35.5. The molecule has 0 aromatic heterocycles. The van der Waals surface area contributed by atoms with E-state index in [1.54, 1.807) is 0 Å². The fourth-order valence-corrected chi connectivity index (χ4v) is 7.43. The van der Waals surface area contributed by atoms with E-state index in [0.29, 0.717) is 48.3 Å². The Hall–Kier alpha value is -1.94. The van der Waals surface area contributed by atoms with Gasteiger partial charge in [-0.3, -0.25) is 0 Å². The van der Waals surface area contributed by atoms with E-state index in [-0.39, 0.29) is 43.3 Å². The van der Waals surface area contributed by atoms with E-state index in [1.807, 2.05) is 0 Å². The molecule has 0 aliphatic heterocycles. The molecule has 2 aliphatic carbocycles. The molecule has 2 saturated carbocycles. The van der Waals surface area contributed by atoms with Crippen molar-refractivity contribution in [2.24, 2.45) is 35.5 Å². The van der Waals surface area contributed by atoms with Gasteiger partial charge in [-0.05, 0) is 86.2 Å². The van der Waals surface area contributed by atoms with Crippen LogP contribution >= 0.6 is 69.6 Å². The Kier molecular flexibility index (Phi) is 13.6. The molecule has 2 aromatic carbocycles. The van der Waals surface area contributed by atoms with Crippen LogP contribution in [0.15, 0.2) is 12.1 Å². The van der Waals surface area contributed by atoms with Crippen molar-refractivity contribution in [3.8, 4) is 11.5 Å². The normalized spacial score (nSPS) is 20.8. The molecule has 0 N–H and O–H groups in total. The molecule has 4 rings (SSSR count). The second kappa shape index (κ2) is 16.8. The zero-order chi connectivity index (χ0) is 35.4. The van der Waals surface area contributed by atoms with Gasteiger partial charge in [-0.1, -0.05) is 97.3 Å². The topological polar surface area (TPSA) is 105 Å². The number of carbonyl (C=O) groups is 4. The van der Waals surface area contributed by atoms with E-state index in [9.17, 15) is 19.2 Å². The largest absolute Gasteiger partial charge is 0.462 e. The number of hydrogen-bond donors (Lipinski definition) is 0. The first-order chi connectivity index (χ1) is 22.6. The molecule has 0 saturated heterocycles. The molecule has 262 valence electrons. The molecule has 0 radical (unpaired) electrons. The molecule has 6 atom stereocenters. The molecule has 14 heteroatoms. The lowest BCUT2D eigenvalue weighted by molar-refractivity contribution is -0.156. The molecule has 2 fully saturated rings. The minimum Gasteiger partial charge on any atom is -0.462 e. The summed E-state index contributed by atoms with van der Waals surface area (Å²) in [6, 6.07) is 2.26. The van der Waals surface area contributed by atoms with Crippen molar-refractivity contribution in [1.82, 2.24) is 0 Å². The first-order valence-corrected chi connectivity index (χ1v) is 18.0. The Morgan fingerprint density at radius 2 is 0.979 bits per heavy atom. The van der Waals surface area contributed by atoms with Crippen molar-refractivity contribution < 1.29 is 38.1 Å². The van der Waals surface area contributed by atoms with Gasteiger partial charge in [0, 0.05) is 0 Å². The van der Waals surface area contributed by atoms with Crippen LogP contribution in [0.5, 0.6) is 11.5 Å². The predicted octanol–water partition coefficient (Wildman–Crippen LogP) is 10.6. The van der Waals surface area contributed by atoms with Crippen LogP contribution in [0, 0.1) is 35.5 Å². The van der Waals surface area contributed by atoms with Gasteiger partial charge in [0.2, 0.25) is 0 Å². The Balaban J connectivity index is 1.44. The summed E-state index contributed by atoms with van der Waals surface area (Å²) in [5, 5.41) is -1.46. The van der Waals surface area contributed by atoms with Gasteiger partial charge in [0.15, 0.2) is 11.5 Å². The van der Waals surface area contributed by atoms with E-state index in [0.717, 1.165) is 25.0 Å². The first kappa shape index (κ1) is 38.9. The molecule has 2 aliphatic rings. The fraction of sp³-hybridized carbons (Fsp3) is 0.529. The van der Waals surface area contributed by atoms with Gasteiger partial charge in [0.25, 0.3) is 0 Å². The number of hydrogen-bond acceptors (Lipinski definition) is 8. The molecule has 48 heavy (non-hydrogen) atoms. The Morgan fingerprint density at radius 3 is 1.29 bits per heavy atom. The van der Waals surface area contributed by atoms with E-state index >= 15 is 0 Å².